The fourth-order valence-corrected chi connectivity index (χ4v) is 1.21. The van der Waals surface area contributed by atoms with E-state index < -0.39 is 0 Å². The number of hydrogen-bond acceptors (Lipinski definition) is 4. The van der Waals surface area contributed by atoms with Gasteiger partial charge in [-0.1, -0.05) is 13.8 Å². The van der Waals surface area contributed by atoms with E-state index in [1.807, 2.05) is 20.8 Å². The molecule has 0 saturated carbocycles. The standard InChI is InChI=1S/C13H19NO3/c1-8(2)9(3)17-13(15)10-5-6-11(14)12(7-10)16-4/h5-9H,14H2,1-4H3. The maximum atomic E-state index is 11.8. The molecular formula is C13H19NO3. The minimum absolute atomic E-state index is 0.119. The molecule has 0 heterocycles. The van der Waals surface area contributed by atoms with Crippen LogP contribution in [0.4, 0.5) is 5.69 Å². The van der Waals surface area contributed by atoms with Crippen molar-refractivity contribution in [2.75, 3.05) is 12.8 Å². The number of nitrogens with two attached hydrogens (primary N) is 1. The molecule has 1 aromatic carbocycles. The molecule has 0 aliphatic rings. The zero-order valence-corrected chi connectivity index (χ0v) is 10.7. The molecule has 0 amide bonds. The van der Waals surface area contributed by atoms with Crippen LogP contribution in [-0.4, -0.2) is 19.2 Å². The maximum absolute atomic E-state index is 11.8. The molecule has 0 saturated heterocycles. The first-order valence-corrected chi connectivity index (χ1v) is 5.60. The van der Waals surface area contributed by atoms with E-state index in [0.29, 0.717) is 17.0 Å². The van der Waals surface area contributed by atoms with Gasteiger partial charge in [-0.15, -0.1) is 0 Å². The van der Waals surface area contributed by atoms with Crippen LogP contribution in [0.2, 0.25) is 0 Å². The Balaban J connectivity index is 2.82. The molecule has 0 spiro atoms. The van der Waals surface area contributed by atoms with E-state index in [1.54, 1.807) is 18.2 Å². The Hall–Kier alpha value is -1.71. The molecule has 1 unspecified atom stereocenters. The Morgan fingerprint density at radius 1 is 1.29 bits per heavy atom. The van der Waals surface area contributed by atoms with E-state index in [-0.39, 0.29) is 18.0 Å². The third kappa shape index (κ3) is 3.37. The number of ether oxygens (including phenoxy) is 2. The van der Waals surface area contributed by atoms with E-state index in [1.165, 1.54) is 7.11 Å². The summed E-state index contributed by atoms with van der Waals surface area (Å²) in [7, 11) is 1.51. The summed E-state index contributed by atoms with van der Waals surface area (Å²) in [6, 6.07) is 4.85. The molecule has 0 aliphatic heterocycles. The summed E-state index contributed by atoms with van der Waals surface area (Å²) in [5.41, 5.74) is 6.62. The normalized spacial score (nSPS) is 12.3. The summed E-state index contributed by atoms with van der Waals surface area (Å²) < 4.78 is 10.4. The molecule has 17 heavy (non-hydrogen) atoms. The number of carbonyl (C=O) groups is 1. The average Bonchev–Trinajstić information content (AvgIpc) is 2.29. The van der Waals surface area contributed by atoms with Crippen LogP contribution in [0.5, 0.6) is 5.75 Å². The van der Waals surface area contributed by atoms with Crippen molar-refractivity contribution < 1.29 is 14.3 Å². The van der Waals surface area contributed by atoms with Gasteiger partial charge in [-0.2, -0.15) is 0 Å². The monoisotopic (exact) mass is 237 g/mol. The zero-order valence-electron chi connectivity index (χ0n) is 10.7. The van der Waals surface area contributed by atoms with Crippen molar-refractivity contribution in [3.8, 4) is 5.75 Å². The van der Waals surface area contributed by atoms with Crippen LogP contribution in [0, 0.1) is 5.92 Å². The molecule has 94 valence electrons. The third-order valence-electron chi connectivity index (χ3n) is 2.70. The van der Waals surface area contributed by atoms with Crippen molar-refractivity contribution >= 4 is 11.7 Å². The Morgan fingerprint density at radius 2 is 1.94 bits per heavy atom. The lowest BCUT2D eigenvalue weighted by atomic mass is 10.1. The number of nitrogen functional groups attached to an aromatic ring is 1. The van der Waals surface area contributed by atoms with Gasteiger partial charge in [0.2, 0.25) is 0 Å². The van der Waals surface area contributed by atoms with Gasteiger partial charge in [-0.3, -0.25) is 0 Å². The van der Waals surface area contributed by atoms with Crippen LogP contribution in [0.15, 0.2) is 18.2 Å². The van der Waals surface area contributed by atoms with Crippen molar-refractivity contribution in [2.24, 2.45) is 5.92 Å². The Bertz CT molecular complexity index is 402. The number of rotatable bonds is 4. The van der Waals surface area contributed by atoms with Crippen LogP contribution >= 0.6 is 0 Å². The fraction of sp³-hybridized carbons (Fsp3) is 0.462. The van der Waals surface area contributed by atoms with Gasteiger partial charge in [0.25, 0.3) is 0 Å². The predicted molar refractivity (Wildman–Crippen MR) is 67.1 cm³/mol. The Kier molecular flexibility index (Phi) is 4.37. The van der Waals surface area contributed by atoms with Crippen molar-refractivity contribution in [3.05, 3.63) is 23.8 Å². The quantitative estimate of drug-likeness (QED) is 0.645. The smallest absolute Gasteiger partial charge is 0.338 e. The second-order valence-electron chi connectivity index (χ2n) is 4.31. The predicted octanol–water partition coefficient (Wildman–Crippen LogP) is 2.48. The maximum Gasteiger partial charge on any atom is 0.338 e. The average molecular weight is 237 g/mol. The minimum atomic E-state index is -0.357. The van der Waals surface area contributed by atoms with Gasteiger partial charge in [0.15, 0.2) is 0 Å². The van der Waals surface area contributed by atoms with Crippen LogP contribution in [0.3, 0.4) is 0 Å². The molecule has 1 rings (SSSR count). The highest BCUT2D eigenvalue weighted by Crippen LogP contribution is 2.23. The first-order chi connectivity index (χ1) is 7.95. The number of anilines is 1. The molecule has 0 aliphatic carbocycles. The highest BCUT2D eigenvalue weighted by molar-refractivity contribution is 5.90. The van der Waals surface area contributed by atoms with Gasteiger partial charge in [-0.05, 0) is 31.0 Å². The Morgan fingerprint density at radius 3 is 2.47 bits per heavy atom. The van der Waals surface area contributed by atoms with E-state index >= 15 is 0 Å². The second kappa shape index (κ2) is 5.57. The van der Waals surface area contributed by atoms with Crippen LogP contribution < -0.4 is 10.5 Å². The summed E-state index contributed by atoms with van der Waals surface area (Å²) in [6.07, 6.45) is -0.119. The van der Waals surface area contributed by atoms with Crippen molar-refractivity contribution in [2.45, 2.75) is 26.9 Å². The molecule has 0 aromatic heterocycles. The number of hydrogen-bond donors (Lipinski definition) is 1. The third-order valence-corrected chi connectivity index (χ3v) is 2.70. The lowest BCUT2D eigenvalue weighted by Gasteiger charge is -2.16. The first kappa shape index (κ1) is 13.4. The summed E-state index contributed by atoms with van der Waals surface area (Å²) in [4.78, 5) is 11.8. The van der Waals surface area contributed by atoms with Crippen LogP contribution in [0.1, 0.15) is 31.1 Å². The number of carbonyl (C=O) groups excluding carboxylic acids is 1. The van der Waals surface area contributed by atoms with Gasteiger partial charge in [0.05, 0.1) is 18.4 Å². The molecule has 4 heteroatoms. The van der Waals surface area contributed by atoms with E-state index in [9.17, 15) is 4.79 Å². The first-order valence-electron chi connectivity index (χ1n) is 5.60. The van der Waals surface area contributed by atoms with E-state index in [0.717, 1.165) is 0 Å². The molecule has 1 atom stereocenters. The van der Waals surface area contributed by atoms with Crippen molar-refractivity contribution in [1.29, 1.82) is 0 Å². The molecule has 4 nitrogen and oxygen atoms in total. The fourth-order valence-electron chi connectivity index (χ4n) is 1.21. The van der Waals surface area contributed by atoms with Gasteiger partial charge in [0, 0.05) is 0 Å². The summed E-state index contributed by atoms with van der Waals surface area (Å²) in [6.45, 7) is 5.88. The van der Waals surface area contributed by atoms with E-state index in [4.69, 9.17) is 15.2 Å². The van der Waals surface area contributed by atoms with Crippen molar-refractivity contribution in [1.82, 2.24) is 0 Å². The number of methoxy groups -OCH3 is 1. The van der Waals surface area contributed by atoms with Gasteiger partial charge in [0.1, 0.15) is 11.9 Å². The molecule has 0 bridgehead atoms. The topological polar surface area (TPSA) is 61.5 Å². The lowest BCUT2D eigenvalue weighted by molar-refractivity contribution is 0.0237. The van der Waals surface area contributed by atoms with Gasteiger partial charge >= 0.3 is 5.97 Å². The summed E-state index contributed by atoms with van der Waals surface area (Å²) in [5.74, 6) is 0.413. The zero-order chi connectivity index (χ0) is 13.0. The van der Waals surface area contributed by atoms with Crippen LogP contribution in [-0.2, 0) is 4.74 Å². The SMILES string of the molecule is COc1cc(C(=O)OC(C)C(C)C)ccc1N. The molecule has 0 radical (unpaired) electrons. The van der Waals surface area contributed by atoms with Crippen molar-refractivity contribution in [3.63, 3.8) is 0 Å². The summed E-state index contributed by atoms with van der Waals surface area (Å²) >= 11 is 0. The molecule has 2 N–H and O–H groups in total. The highest BCUT2D eigenvalue weighted by atomic mass is 16.5. The Labute approximate surface area is 102 Å². The second-order valence-corrected chi connectivity index (χ2v) is 4.31. The van der Waals surface area contributed by atoms with Gasteiger partial charge < -0.3 is 15.2 Å². The minimum Gasteiger partial charge on any atom is -0.495 e. The molecular weight excluding hydrogens is 218 g/mol. The number of esters is 1. The summed E-state index contributed by atoms with van der Waals surface area (Å²) in [5, 5.41) is 0. The molecule has 1 aromatic rings. The van der Waals surface area contributed by atoms with Gasteiger partial charge in [-0.25, -0.2) is 4.79 Å². The largest absolute Gasteiger partial charge is 0.495 e. The molecule has 0 fully saturated rings. The highest BCUT2D eigenvalue weighted by Gasteiger charge is 2.15. The number of benzene rings is 1. The van der Waals surface area contributed by atoms with E-state index in [2.05, 4.69) is 0 Å². The lowest BCUT2D eigenvalue weighted by Crippen LogP contribution is -2.20. The van der Waals surface area contributed by atoms with Crippen LogP contribution in [0.25, 0.3) is 0 Å².